The van der Waals surface area contributed by atoms with E-state index in [1.54, 1.807) is 18.2 Å². The number of hydrogen-bond acceptors (Lipinski definition) is 4. The van der Waals surface area contributed by atoms with Crippen LogP contribution in [0.2, 0.25) is 0 Å². The molecule has 0 heterocycles. The van der Waals surface area contributed by atoms with Crippen molar-refractivity contribution in [1.82, 2.24) is 0 Å². The third-order valence-corrected chi connectivity index (χ3v) is 2.35. The van der Waals surface area contributed by atoms with E-state index in [1.165, 1.54) is 18.2 Å². The van der Waals surface area contributed by atoms with Crippen LogP contribution in [0.4, 0.5) is 0 Å². The van der Waals surface area contributed by atoms with Crippen molar-refractivity contribution in [2.45, 2.75) is 0 Å². The van der Waals surface area contributed by atoms with E-state index in [2.05, 4.69) is 0 Å². The molecular formula is C12H6O4Zn. The molecule has 0 atom stereocenters. The van der Waals surface area contributed by atoms with Gasteiger partial charge in [0.15, 0.2) is 0 Å². The third-order valence-electron chi connectivity index (χ3n) is 2.35. The summed E-state index contributed by atoms with van der Waals surface area (Å²) >= 11 is 0. The van der Waals surface area contributed by atoms with Crippen molar-refractivity contribution in [2.75, 3.05) is 0 Å². The molecule has 0 saturated heterocycles. The molecule has 17 heavy (non-hydrogen) atoms. The fourth-order valence-corrected chi connectivity index (χ4v) is 1.66. The van der Waals surface area contributed by atoms with Crippen molar-refractivity contribution in [2.24, 2.45) is 0 Å². The van der Waals surface area contributed by atoms with Crippen LogP contribution in [0.5, 0.6) is 0 Å². The first-order chi connectivity index (χ1) is 7.61. The number of carboxylic acids is 2. The van der Waals surface area contributed by atoms with Gasteiger partial charge in [0.1, 0.15) is 0 Å². The molecule has 0 saturated carbocycles. The molecule has 5 heteroatoms. The summed E-state index contributed by atoms with van der Waals surface area (Å²) in [4.78, 5) is 21.7. The number of rotatable bonds is 2. The number of hydrogen-bond donors (Lipinski definition) is 0. The van der Waals surface area contributed by atoms with E-state index in [4.69, 9.17) is 0 Å². The summed E-state index contributed by atoms with van der Waals surface area (Å²) in [6.07, 6.45) is 0. The molecule has 0 unspecified atom stereocenters. The van der Waals surface area contributed by atoms with Gasteiger partial charge in [0, 0.05) is 11.1 Å². The van der Waals surface area contributed by atoms with Gasteiger partial charge in [0.2, 0.25) is 0 Å². The standard InChI is InChI=1S/C12H8O4.Zn/c13-11(14)9-6-5-7-3-1-2-4-8(7)10(9)12(15)16;/h1-6H,(H,13,14)(H,15,16);/q;+2/p-2. The second-order valence-electron chi connectivity index (χ2n) is 3.28. The molecule has 0 aromatic heterocycles. The van der Waals surface area contributed by atoms with E-state index in [-0.39, 0.29) is 30.6 Å². The summed E-state index contributed by atoms with van der Waals surface area (Å²) in [5.74, 6) is -3.04. The SMILES string of the molecule is O=C([O-])c1ccc2ccccc2c1C(=O)[O-].[Zn+2]. The van der Waals surface area contributed by atoms with Crippen LogP contribution in [0.1, 0.15) is 20.7 Å². The number of fused-ring (bicyclic) bond motifs is 1. The van der Waals surface area contributed by atoms with E-state index in [0.29, 0.717) is 10.8 Å². The van der Waals surface area contributed by atoms with Crippen molar-refractivity contribution in [1.29, 1.82) is 0 Å². The Kier molecular flexibility index (Phi) is 3.97. The van der Waals surface area contributed by atoms with Gasteiger partial charge < -0.3 is 19.8 Å². The van der Waals surface area contributed by atoms with E-state index >= 15 is 0 Å². The maximum atomic E-state index is 10.9. The van der Waals surface area contributed by atoms with Gasteiger partial charge in [-0.1, -0.05) is 36.4 Å². The Morgan fingerprint density at radius 1 is 0.882 bits per heavy atom. The Labute approximate surface area is 110 Å². The van der Waals surface area contributed by atoms with E-state index in [0.717, 1.165) is 0 Å². The van der Waals surface area contributed by atoms with Gasteiger partial charge in [-0.25, -0.2) is 0 Å². The number of carbonyl (C=O) groups excluding carboxylic acids is 2. The van der Waals surface area contributed by atoms with Crippen molar-refractivity contribution < 1.29 is 39.3 Å². The molecule has 0 aliphatic rings. The van der Waals surface area contributed by atoms with Crippen molar-refractivity contribution in [3.63, 3.8) is 0 Å². The first-order valence-corrected chi connectivity index (χ1v) is 4.55. The topological polar surface area (TPSA) is 80.3 Å². The summed E-state index contributed by atoms with van der Waals surface area (Å²) in [7, 11) is 0. The summed E-state index contributed by atoms with van der Waals surface area (Å²) in [6, 6.07) is 9.34. The van der Waals surface area contributed by atoms with Crippen LogP contribution in [0.3, 0.4) is 0 Å². The van der Waals surface area contributed by atoms with Gasteiger partial charge in [0.05, 0.1) is 11.9 Å². The van der Waals surface area contributed by atoms with Crippen LogP contribution in [0, 0.1) is 0 Å². The van der Waals surface area contributed by atoms with E-state index in [9.17, 15) is 19.8 Å². The van der Waals surface area contributed by atoms with E-state index < -0.39 is 11.9 Å². The van der Waals surface area contributed by atoms with Crippen molar-refractivity contribution in [3.8, 4) is 0 Å². The molecule has 0 aliphatic heterocycles. The largest absolute Gasteiger partial charge is 2.00 e. The van der Waals surface area contributed by atoms with Gasteiger partial charge in [-0.05, 0) is 10.8 Å². The van der Waals surface area contributed by atoms with Crippen LogP contribution < -0.4 is 10.2 Å². The minimum absolute atomic E-state index is 0. The zero-order valence-electron chi connectivity index (χ0n) is 8.80. The van der Waals surface area contributed by atoms with Crippen LogP contribution in [0.15, 0.2) is 36.4 Å². The van der Waals surface area contributed by atoms with Crippen LogP contribution in [-0.4, -0.2) is 11.9 Å². The molecule has 0 amide bonds. The van der Waals surface area contributed by atoms with E-state index in [1.807, 2.05) is 0 Å². The molecule has 0 N–H and O–H groups in total. The monoisotopic (exact) mass is 278 g/mol. The van der Waals surface area contributed by atoms with Crippen molar-refractivity contribution in [3.05, 3.63) is 47.5 Å². The number of benzene rings is 2. The zero-order valence-corrected chi connectivity index (χ0v) is 11.8. The number of aromatic carboxylic acids is 2. The Bertz CT molecular complexity index is 592. The molecule has 0 aliphatic carbocycles. The Balaban J connectivity index is 0.00000144. The maximum absolute atomic E-state index is 10.9. The summed E-state index contributed by atoms with van der Waals surface area (Å²) in [6.45, 7) is 0. The molecule has 0 spiro atoms. The third kappa shape index (κ3) is 2.34. The van der Waals surface area contributed by atoms with Gasteiger partial charge in [-0.3, -0.25) is 0 Å². The van der Waals surface area contributed by atoms with Gasteiger partial charge in [0.25, 0.3) is 0 Å². The zero-order chi connectivity index (χ0) is 11.7. The minimum Gasteiger partial charge on any atom is -0.545 e. The normalized spacial score (nSPS) is 9.65. The van der Waals surface area contributed by atoms with Crippen LogP contribution >= 0.6 is 0 Å². The van der Waals surface area contributed by atoms with Crippen molar-refractivity contribution >= 4 is 22.7 Å². The predicted molar refractivity (Wildman–Crippen MR) is 52.6 cm³/mol. The fourth-order valence-electron chi connectivity index (χ4n) is 1.66. The predicted octanol–water partition coefficient (Wildman–Crippen LogP) is -0.436. The molecule has 0 fully saturated rings. The number of carbonyl (C=O) groups is 2. The van der Waals surface area contributed by atoms with Gasteiger partial charge >= 0.3 is 19.5 Å². The average Bonchev–Trinajstić information content (AvgIpc) is 2.27. The molecule has 0 radical (unpaired) electrons. The summed E-state index contributed by atoms with van der Waals surface area (Å²) in [5.41, 5.74) is -0.697. The molecule has 80 valence electrons. The first-order valence-electron chi connectivity index (χ1n) is 4.55. The minimum atomic E-state index is -1.52. The second kappa shape index (κ2) is 5.06. The van der Waals surface area contributed by atoms with Gasteiger partial charge in [-0.2, -0.15) is 0 Å². The van der Waals surface area contributed by atoms with Gasteiger partial charge in [-0.15, -0.1) is 0 Å². The second-order valence-corrected chi connectivity index (χ2v) is 3.28. The molecule has 2 aromatic rings. The first kappa shape index (κ1) is 13.3. The molecule has 2 rings (SSSR count). The molecule has 0 bridgehead atoms. The Morgan fingerprint density at radius 2 is 1.53 bits per heavy atom. The average molecular weight is 280 g/mol. The molecule has 2 aromatic carbocycles. The Hall–Kier alpha value is -1.74. The number of carboxylic acid groups (broad SMARTS) is 2. The maximum Gasteiger partial charge on any atom is 2.00 e. The summed E-state index contributed by atoms with van der Waals surface area (Å²) in [5, 5.41) is 22.7. The van der Waals surface area contributed by atoms with Crippen LogP contribution in [-0.2, 0) is 19.5 Å². The molecular weight excluding hydrogens is 274 g/mol. The molecule has 4 nitrogen and oxygen atoms in total. The summed E-state index contributed by atoms with van der Waals surface area (Å²) < 4.78 is 0. The fraction of sp³-hybridized carbons (Fsp3) is 0. The van der Waals surface area contributed by atoms with Crippen LogP contribution in [0.25, 0.3) is 10.8 Å². The quantitative estimate of drug-likeness (QED) is 0.698. The smallest absolute Gasteiger partial charge is 0.545 e. The Morgan fingerprint density at radius 3 is 2.12 bits per heavy atom.